The number of anilines is 1. The second-order valence-electron chi connectivity index (χ2n) is 4.13. The molecular formula is C10H13N3O2. The minimum Gasteiger partial charge on any atom is -0.397 e. The number of aliphatic hydroxyl groups is 1. The van der Waals surface area contributed by atoms with Crippen molar-refractivity contribution < 1.29 is 9.90 Å². The summed E-state index contributed by atoms with van der Waals surface area (Å²) in [5.74, 6) is -0.165. The third-order valence-corrected chi connectivity index (χ3v) is 2.36. The number of amides is 1. The van der Waals surface area contributed by atoms with Crippen LogP contribution < -0.4 is 5.73 Å². The summed E-state index contributed by atoms with van der Waals surface area (Å²) in [6, 6.07) is 3.23. The van der Waals surface area contributed by atoms with Crippen LogP contribution in [0.2, 0.25) is 0 Å². The smallest absolute Gasteiger partial charge is 0.272 e. The molecule has 1 saturated heterocycles. The van der Waals surface area contributed by atoms with Gasteiger partial charge in [0.25, 0.3) is 5.91 Å². The van der Waals surface area contributed by atoms with Crippen LogP contribution in [0.5, 0.6) is 0 Å². The topological polar surface area (TPSA) is 79.5 Å². The molecule has 1 amide bonds. The molecule has 1 aromatic rings. The second kappa shape index (κ2) is 3.20. The van der Waals surface area contributed by atoms with Gasteiger partial charge in [0.1, 0.15) is 5.69 Å². The SMILES string of the molecule is CC1(O)CN(C(=O)c2ccc(N)cn2)C1. The number of pyridine rings is 1. The van der Waals surface area contributed by atoms with E-state index < -0.39 is 5.60 Å². The normalized spacial score (nSPS) is 18.4. The summed E-state index contributed by atoms with van der Waals surface area (Å²) in [5.41, 5.74) is 5.61. The Kier molecular flexibility index (Phi) is 2.12. The Morgan fingerprint density at radius 3 is 2.73 bits per heavy atom. The van der Waals surface area contributed by atoms with Gasteiger partial charge in [-0.1, -0.05) is 0 Å². The van der Waals surface area contributed by atoms with E-state index in [1.54, 1.807) is 24.0 Å². The van der Waals surface area contributed by atoms with Gasteiger partial charge >= 0.3 is 0 Å². The van der Waals surface area contributed by atoms with Gasteiger partial charge in [-0.05, 0) is 19.1 Å². The van der Waals surface area contributed by atoms with Gasteiger partial charge in [-0.3, -0.25) is 4.79 Å². The van der Waals surface area contributed by atoms with E-state index in [0.29, 0.717) is 24.5 Å². The van der Waals surface area contributed by atoms with Crippen LogP contribution in [0.4, 0.5) is 5.69 Å². The predicted octanol–water partition coefficient (Wildman–Crippen LogP) is -0.129. The molecule has 1 aromatic heterocycles. The van der Waals surface area contributed by atoms with Crippen molar-refractivity contribution in [2.75, 3.05) is 18.8 Å². The van der Waals surface area contributed by atoms with E-state index in [9.17, 15) is 9.90 Å². The Labute approximate surface area is 87.5 Å². The molecule has 0 unspecified atom stereocenters. The number of nitrogen functional groups attached to an aromatic ring is 1. The van der Waals surface area contributed by atoms with E-state index >= 15 is 0 Å². The standard InChI is InChI=1S/C10H13N3O2/c1-10(15)5-13(6-10)9(14)8-3-2-7(11)4-12-8/h2-4,15H,5-6,11H2,1H3. The number of rotatable bonds is 1. The van der Waals surface area contributed by atoms with Gasteiger partial charge in [-0.15, -0.1) is 0 Å². The van der Waals surface area contributed by atoms with Gasteiger partial charge in [-0.2, -0.15) is 0 Å². The molecule has 2 rings (SSSR count). The highest BCUT2D eigenvalue weighted by atomic mass is 16.3. The molecule has 80 valence electrons. The second-order valence-corrected chi connectivity index (χ2v) is 4.13. The summed E-state index contributed by atoms with van der Waals surface area (Å²) in [4.78, 5) is 17.2. The first-order valence-electron chi connectivity index (χ1n) is 4.71. The molecule has 3 N–H and O–H groups in total. The molecule has 2 heterocycles. The predicted molar refractivity (Wildman–Crippen MR) is 55.2 cm³/mol. The van der Waals surface area contributed by atoms with Crippen molar-refractivity contribution in [3.05, 3.63) is 24.0 Å². The quantitative estimate of drug-likeness (QED) is 0.672. The maximum atomic E-state index is 11.7. The lowest BCUT2D eigenvalue weighted by Gasteiger charge is -2.43. The molecule has 0 atom stereocenters. The summed E-state index contributed by atoms with van der Waals surface area (Å²) in [6.07, 6.45) is 1.45. The van der Waals surface area contributed by atoms with E-state index in [-0.39, 0.29) is 5.91 Å². The van der Waals surface area contributed by atoms with Crippen molar-refractivity contribution in [2.24, 2.45) is 0 Å². The summed E-state index contributed by atoms with van der Waals surface area (Å²) in [6.45, 7) is 2.42. The maximum Gasteiger partial charge on any atom is 0.272 e. The molecule has 0 bridgehead atoms. The number of aromatic nitrogens is 1. The first-order chi connectivity index (χ1) is 6.98. The van der Waals surface area contributed by atoms with Crippen LogP contribution >= 0.6 is 0 Å². The lowest BCUT2D eigenvalue weighted by molar-refractivity contribution is -0.0670. The van der Waals surface area contributed by atoms with Crippen LogP contribution in [0.1, 0.15) is 17.4 Å². The highest BCUT2D eigenvalue weighted by Gasteiger charge is 2.39. The van der Waals surface area contributed by atoms with E-state index in [4.69, 9.17) is 5.73 Å². The van der Waals surface area contributed by atoms with Crippen LogP contribution in [-0.2, 0) is 0 Å². The Morgan fingerprint density at radius 1 is 1.60 bits per heavy atom. The van der Waals surface area contributed by atoms with Crippen molar-refractivity contribution in [3.8, 4) is 0 Å². The molecule has 1 fully saturated rings. The molecule has 1 aliphatic rings. The Balaban J connectivity index is 2.07. The highest BCUT2D eigenvalue weighted by Crippen LogP contribution is 2.21. The van der Waals surface area contributed by atoms with E-state index in [0.717, 1.165) is 0 Å². The lowest BCUT2D eigenvalue weighted by Crippen LogP contribution is -2.61. The average Bonchev–Trinajstić information content (AvgIpc) is 2.14. The fourth-order valence-corrected chi connectivity index (χ4v) is 1.61. The van der Waals surface area contributed by atoms with Crippen LogP contribution in [-0.4, -0.2) is 39.6 Å². The van der Waals surface area contributed by atoms with Crippen LogP contribution in [0, 0.1) is 0 Å². The van der Waals surface area contributed by atoms with Crippen LogP contribution in [0.25, 0.3) is 0 Å². The van der Waals surface area contributed by atoms with E-state index in [1.807, 2.05) is 0 Å². The fourth-order valence-electron chi connectivity index (χ4n) is 1.61. The molecule has 1 aliphatic heterocycles. The van der Waals surface area contributed by atoms with Crippen LogP contribution in [0.3, 0.4) is 0 Å². The molecule has 15 heavy (non-hydrogen) atoms. The third-order valence-electron chi connectivity index (χ3n) is 2.36. The monoisotopic (exact) mass is 207 g/mol. The lowest BCUT2D eigenvalue weighted by atomic mass is 9.96. The third kappa shape index (κ3) is 1.92. The molecule has 5 nitrogen and oxygen atoms in total. The number of likely N-dealkylation sites (tertiary alicyclic amines) is 1. The molecule has 0 radical (unpaired) electrons. The number of carbonyl (C=O) groups excluding carboxylic acids is 1. The molecule has 5 heteroatoms. The number of β-amino-alcohol motifs (C(OH)–C–C–N with tert-alkyl or cyclic N) is 1. The van der Waals surface area contributed by atoms with Gasteiger partial charge in [0.2, 0.25) is 0 Å². The molecule has 0 aliphatic carbocycles. The number of nitrogens with two attached hydrogens (primary N) is 1. The molecule has 0 spiro atoms. The minimum absolute atomic E-state index is 0.165. The van der Waals surface area contributed by atoms with E-state index in [2.05, 4.69) is 4.98 Å². The minimum atomic E-state index is -0.747. The van der Waals surface area contributed by atoms with Gasteiger partial charge in [0.15, 0.2) is 0 Å². The van der Waals surface area contributed by atoms with Gasteiger partial charge in [0, 0.05) is 0 Å². The van der Waals surface area contributed by atoms with Crippen molar-refractivity contribution in [1.82, 2.24) is 9.88 Å². The van der Waals surface area contributed by atoms with Crippen molar-refractivity contribution in [2.45, 2.75) is 12.5 Å². The van der Waals surface area contributed by atoms with E-state index in [1.165, 1.54) is 6.20 Å². The number of nitrogens with zero attached hydrogens (tertiary/aromatic N) is 2. The Morgan fingerprint density at radius 2 is 2.27 bits per heavy atom. The zero-order valence-electron chi connectivity index (χ0n) is 8.47. The first kappa shape index (κ1) is 9.92. The van der Waals surface area contributed by atoms with Crippen molar-refractivity contribution >= 4 is 11.6 Å². The van der Waals surface area contributed by atoms with Crippen molar-refractivity contribution in [3.63, 3.8) is 0 Å². The first-order valence-corrected chi connectivity index (χ1v) is 4.71. The number of hydrogen-bond donors (Lipinski definition) is 2. The molecule has 0 saturated carbocycles. The molecule has 0 aromatic carbocycles. The van der Waals surface area contributed by atoms with Crippen molar-refractivity contribution in [1.29, 1.82) is 0 Å². The summed E-state index contributed by atoms with van der Waals surface area (Å²) >= 11 is 0. The average molecular weight is 207 g/mol. The largest absolute Gasteiger partial charge is 0.397 e. The summed E-state index contributed by atoms with van der Waals surface area (Å²) in [5, 5.41) is 9.49. The van der Waals surface area contributed by atoms with Gasteiger partial charge in [0.05, 0.1) is 30.6 Å². The number of hydrogen-bond acceptors (Lipinski definition) is 4. The zero-order chi connectivity index (χ0) is 11.1. The Bertz CT molecular complexity index is 378. The number of carbonyl (C=O) groups is 1. The van der Waals surface area contributed by atoms with Gasteiger partial charge in [-0.25, -0.2) is 4.98 Å². The highest BCUT2D eigenvalue weighted by molar-refractivity contribution is 5.93. The molecular weight excluding hydrogens is 194 g/mol. The van der Waals surface area contributed by atoms with Gasteiger partial charge < -0.3 is 15.7 Å². The fraction of sp³-hybridized carbons (Fsp3) is 0.400. The maximum absolute atomic E-state index is 11.7. The summed E-state index contributed by atoms with van der Waals surface area (Å²) in [7, 11) is 0. The zero-order valence-corrected chi connectivity index (χ0v) is 8.47. The summed E-state index contributed by atoms with van der Waals surface area (Å²) < 4.78 is 0. The Hall–Kier alpha value is -1.62. The van der Waals surface area contributed by atoms with Crippen LogP contribution in [0.15, 0.2) is 18.3 Å².